The van der Waals surface area contributed by atoms with Crippen LogP contribution in [0.3, 0.4) is 0 Å². The van der Waals surface area contributed by atoms with Gasteiger partial charge < -0.3 is 20.5 Å². The van der Waals surface area contributed by atoms with E-state index in [0.29, 0.717) is 30.1 Å². The number of hydrogen-bond donors (Lipinski definition) is 3. The van der Waals surface area contributed by atoms with Gasteiger partial charge in [0.05, 0.1) is 19.3 Å². The molecule has 0 bridgehead atoms. The van der Waals surface area contributed by atoms with Gasteiger partial charge in [-0.1, -0.05) is 60.1 Å². The first kappa shape index (κ1) is 22.8. The summed E-state index contributed by atoms with van der Waals surface area (Å²) in [6.45, 7) is 0.902. The Hall–Kier alpha value is -2.86. The first-order valence-corrected chi connectivity index (χ1v) is 10.5. The summed E-state index contributed by atoms with van der Waals surface area (Å²) in [4.78, 5) is 12.8. The maximum absolute atomic E-state index is 12.8. The minimum absolute atomic E-state index is 0.268. The number of halogens is 1. The zero-order valence-corrected chi connectivity index (χ0v) is 18.2. The summed E-state index contributed by atoms with van der Waals surface area (Å²) >= 11 is 6.02. The Morgan fingerprint density at radius 2 is 1.74 bits per heavy atom. The van der Waals surface area contributed by atoms with E-state index >= 15 is 0 Å². The van der Waals surface area contributed by atoms with Gasteiger partial charge in [0.2, 0.25) is 0 Å². The molecular weight excluding hydrogens is 412 g/mol. The molecular formula is C25H27ClN2O3. The molecule has 2 unspecified atom stereocenters. The maximum Gasteiger partial charge on any atom is 0.251 e. The minimum Gasteiger partial charge on any atom is -0.497 e. The third kappa shape index (κ3) is 7.10. The second-order valence-electron chi connectivity index (χ2n) is 7.33. The second-order valence-corrected chi connectivity index (χ2v) is 7.77. The van der Waals surface area contributed by atoms with Gasteiger partial charge in [-0.2, -0.15) is 0 Å². The standard InChI is InChI=1S/C25H27ClN2O3/c1-31-22-12-5-9-19(13-22)16-27-17-24(29)23(14-18-7-3-2-4-8-18)28-25(30)20-10-6-11-21(26)15-20/h2-13,15,23-24,27,29H,14,16-17H2,1H3,(H,28,30). The van der Waals surface area contributed by atoms with Crippen LogP contribution in [-0.4, -0.2) is 36.8 Å². The Kier molecular flexibility index (Phi) is 8.47. The highest BCUT2D eigenvalue weighted by atomic mass is 35.5. The van der Waals surface area contributed by atoms with Crippen molar-refractivity contribution < 1.29 is 14.6 Å². The van der Waals surface area contributed by atoms with E-state index in [-0.39, 0.29) is 5.91 Å². The lowest BCUT2D eigenvalue weighted by atomic mass is 10.0. The third-order valence-electron chi connectivity index (χ3n) is 4.98. The molecule has 162 valence electrons. The highest BCUT2D eigenvalue weighted by molar-refractivity contribution is 6.30. The fraction of sp³-hybridized carbons (Fsp3) is 0.240. The number of amides is 1. The van der Waals surface area contributed by atoms with Gasteiger partial charge in [0.1, 0.15) is 5.75 Å². The number of aliphatic hydroxyl groups is 1. The lowest BCUT2D eigenvalue weighted by Crippen LogP contribution is -2.48. The van der Waals surface area contributed by atoms with E-state index in [0.717, 1.165) is 16.9 Å². The topological polar surface area (TPSA) is 70.6 Å². The summed E-state index contributed by atoms with van der Waals surface area (Å²) in [7, 11) is 1.63. The van der Waals surface area contributed by atoms with E-state index in [4.69, 9.17) is 16.3 Å². The zero-order chi connectivity index (χ0) is 22.1. The van der Waals surface area contributed by atoms with Crippen molar-refractivity contribution in [3.8, 4) is 5.75 Å². The van der Waals surface area contributed by atoms with Crippen LogP contribution in [0.1, 0.15) is 21.5 Å². The van der Waals surface area contributed by atoms with Crippen LogP contribution in [0.4, 0.5) is 0 Å². The Balaban J connectivity index is 1.65. The van der Waals surface area contributed by atoms with Crippen molar-refractivity contribution in [2.75, 3.05) is 13.7 Å². The predicted molar refractivity (Wildman–Crippen MR) is 124 cm³/mol. The van der Waals surface area contributed by atoms with Gasteiger partial charge in [0.15, 0.2) is 0 Å². The predicted octanol–water partition coefficient (Wildman–Crippen LogP) is 3.84. The lowest BCUT2D eigenvalue weighted by Gasteiger charge is -2.25. The molecule has 0 saturated heterocycles. The van der Waals surface area contributed by atoms with Crippen molar-refractivity contribution in [1.82, 2.24) is 10.6 Å². The molecule has 6 heteroatoms. The second kappa shape index (κ2) is 11.5. The summed E-state index contributed by atoms with van der Waals surface area (Å²) < 4.78 is 5.25. The Morgan fingerprint density at radius 3 is 2.48 bits per heavy atom. The summed E-state index contributed by atoms with van der Waals surface area (Å²) in [6, 6.07) is 23.8. The highest BCUT2D eigenvalue weighted by Gasteiger charge is 2.22. The van der Waals surface area contributed by atoms with Gasteiger partial charge in [-0.3, -0.25) is 4.79 Å². The molecule has 3 rings (SSSR count). The van der Waals surface area contributed by atoms with Crippen LogP contribution in [0.2, 0.25) is 5.02 Å². The van der Waals surface area contributed by atoms with Gasteiger partial charge in [-0.05, 0) is 47.9 Å². The van der Waals surface area contributed by atoms with E-state index in [1.807, 2.05) is 54.6 Å². The highest BCUT2D eigenvalue weighted by Crippen LogP contribution is 2.14. The van der Waals surface area contributed by atoms with E-state index in [2.05, 4.69) is 10.6 Å². The van der Waals surface area contributed by atoms with Crippen LogP contribution >= 0.6 is 11.6 Å². The number of carbonyl (C=O) groups is 1. The molecule has 0 radical (unpaired) electrons. The Labute approximate surface area is 188 Å². The van der Waals surface area contributed by atoms with Crippen LogP contribution in [0.25, 0.3) is 0 Å². The first-order chi connectivity index (χ1) is 15.0. The number of methoxy groups -OCH3 is 1. The van der Waals surface area contributed by atoms with Crippen LogP contribution in [0, 0.1) is 0 Å². The molecule has 3 N–H and O–H groups in total. The normalized spacial score (nSPS) is 12.7. The zero-order valence-electron chi connectivity index (χ0n) is 17.4. The third-order valence-corrected chi connectivity index (χ3v) is 5.22. The van der Waals surface area contributed by atoms with Crippen LogP contribution < -0.4 is 15.4 Å². The van der Waals surface area contributed by atoms with Crippen molar-refractivity contribution in [2.24, 2.45) is 0 Å². The van der Waals surface area contributed by atoms with Crippen LogP contribution in [-0.2, 0) is 13.0 Å². The van der Waals surface area contributed by atoms with Crippen molar-refractivity contribution in [3.63, 3.8) is 0 Å². The quantitative estimate of drug-likeness (QED) is 0.449. The molecule has 0 spiro atoms. The average molecular weight is 439 g/mol. The number of carbonyl (C=O) groups excluding carboxylic acids is 1. The van der Waals surface area contributed by atoms with Gasteiger partial charge in [-0.25, -0.2) is 0 Å². The molecule has 0 saturated carbocycles. The van der Waals surface area contributed by atoms with Crippen LogP contribution in [0.15, 0.2) is 78.9 Å². The molecule has 31 heavy (non-hydrogen) atoms. The van der Waals surface area contributed by atoms with Gasteiger partial charge in [-0.15, -0.1) is 0 Å². The first-order valence-electron chi connectivity index (χ1n) is 10.2. The molecule has 0 aliphatic rings. The molecule has 0 heterocycles. The number of rotatable bonds is 10. The molecule has 0 fully saturated rings. The summed E-state index contributed by atoms with van der Waals surface area (Å²) in [5.74, 6) is 0.519. The fourth-order valence-electron chi connectivity index (χ4n) is 3.32. The summed E-state index contributed by atoms with van der Waals surface area (Å²) in [6.07, 6.45) is -0.274. The van der Waals surface area contributed by atoms with E-state index < -0.39 is 12.1 Å². The maximum atomic E-state index is 12.8. The van der Waals surface area contributed by atoms with E-state index in [9.17, 15) is 9.90 Å². The molecule has 3 aromatic carbocycles. The number of ether oxygens (including phenoxy) is 1. The van der Waals surface area contributed by atoms with E-state index in [1.54, 1.807) is 31.4 Å². The lowest BCUT2D eigenvalue weighted by molar-refractivity contribution is 0.0830. The van der Waals surface area contributed by atoms with Crippen LogP contribution in [0.5, 0.6) is 5.75 Å². The van der Waals surface area contributed by atoms with Crippen molar-refractivity contribution >= 4 is 17.5 Å². The molecule has 0 aliphatic carbocycles. The number of aliphatic hydroxyl groups excluding tert-OH is 1. The number of hydrogen-bond acceptors (Lipinski definition) is 4. The van der Waals surface area contributed by atoms with Gasteiger partial charge >= 0.3 is 0 Å². The molecule has 2 atom stereocenters. The van der Waals surface area contributed by atoms with Gasteiger partial charge in [0.25, 0.3) is 5.91 Å². The SMILES string of the molecule is COc1cccc(CNCC(O)C(Cc2ccccc2)NC(=O)c2cccc(Cl)c2)c1. The summed E-state index contributed by atoms with van der Waals surface area (Å²) in [5.41, 5.74) is 2.54. The monoisotopic (exact) mass is 438 g/mol. The Bertz CT molecular complexity index is 981. The Morgan fingerprint density at radius 1 is 1.00 bits per heavy atom. The van der Waals surface area contributed by atoms with Crippen molar-refractivity contribution in [1.29, 1.82) is 0 Å². The molecule has 0 aromatic heterocycles. The number of nitrogens with one attached hydrogen (secondary N) is 2. The average Bonchev–Trinajstić information content (AvgIpc) is 2.79. The smallest absolute Gasteiger partial charge is 0.251 e. The van der Waals surface area contributed by atoms with Gasteiger partial charge in [0, 0.05) is 23.7 Å². The molecule has 1 amide bonds. The van der Waals surface area contributed by atoms with E-state index in [1.165, 1.54) is 0 Å². The fourth-order valence-corrected chi connectivity index (χ4v) is 3.51. The molecule has 0 aliphatic heterocycles. The van der Waals surface area contributed by atoms with Crippen molar-refractivity contribution in [2.45, 2.75) is 25.1 Å². The minimum atomic E-state index is -0.783. The summed E-state index contributed by atoms with van der Waals surface area (Å²) in [5, 5.41) is 17.6. The largest absolute Gasteiger partial charge is 0.497 e. The number of benzene rings is 3. The molecule has 5 nitrogen and oxygen atoms in total. The molecule has 3 aromatic rings. The van der Waals surface area contributed by atoms with Crippen molar-refractivity contribution in [3.05, 3.63) is 101 Å².